The van der Waals surface area contributed by atoms with Crippen molar-refractivity contribution in [3.8, 4) is 0 Å². The van der Waals surface area contributed by atoms with Crippen molar-refractivity contribution in [3.05, 3.63) is 11.4 Å². The molecule has 84 valence electrons. The molecule has 2 rings (SSSR count). The lowest BCUT2D eigenvalue weighted by molar-refractivity contribution is 0.129. The lowest BCUT2D eigenvalue weighted by Crippen LogP contribution is -2.41. The van der Waals surface area contributed by atoms with Crippen LogP contribution in [0.4, 0.5) is 0 Å². The maximum atomic E-state index is 7.20. The molecule has 0 radical (unpaired) electrons. The Hall–Kier alpha value is -0.550. The maximum Gasteiger partial charge on any atom is 0.238 e. The Morgan fingerprint density at radius 1 is 1.47 bits per heavy atom. The first-order chi connectivity index (χ1) is 6.95. The third-order valence-electron chi connectivity index (χ3n) is 3.83. The van der Waals surface area contributed by atoms with E-state index >= 15 is 0 Å². The number of nitrogens with zero attached hydrogens (tertiary/aromatic N) is 2. The molecule has 2 saturated heterocycles. The zero-order valence-corrected chi connectivity index (χ0v) is 10.2. The van der Waals surface area contributed by atoms with Gasteiger partial charge in [-0.25, -0.2) is 6.57 Å². The largest absolute Gasteiger partial charge is 0.312 e. The van der Waals surface area contributed by atoms with E-state index in [1.807, 2.05) is 0 Å². The molecule has 2 unspecified atom stereocenters. The van der Waals surface area contributed by atoms with Crippen molar-refractivity contribution in [2.45, 2.75) is 58.0 Å². The SMILES string of the molecule is [C-]#[N+]C1CN2CCCC2(CC(C)(C)C)C1. The van der Waals surface area contributed by atoms with Crippen LogP contribution in [-0.4, -0.2) is 29.6 Å². The molecule has 0 aromatic carbocycles. The Balaban J connectivity index is 2.15. The average Bonchev–Trinajstić information content (AvgIpc) is 2.56. The smallest absolute Gasteiger partial charge is 0.238 e. The minimum Gasteiger partial charge on any atom is -0.312 e. The van der Waals surface area contributed by atoms with Crippen LogP contribution in [0.3, 0.4) is 0 Å². The number of fused-ring (bicyclic) bond motifs is 1. The molecule has 0 N–H and O–H groups in total. The van der Waals surface area contributed by atoms with Gasteiger partial charge in [-0.05, 0) is 31.2 Å². The molecular formula is C13H22N2. The van der Waals surface area contributed by atoms with Crippen molar-refractivity contribution in [2.75, 3.05) is 13.1 Å². The highest BCUT2D eigenvalue weighted by Gasteiger charge is 2.52. The van der Waals surface area contributed by atoms with Crippen LogP contribution in [0.15, 0.2) is 0 Å². The van der Waals surface area contributed by atoms with E-state index in [0.29, 0.717) is 11.0 Å². The second kappa shape index (κ2) is 3.49. The van der Waals surface area contributed by atoms with Gasteiger partial charge < -0.3 is 4.85 Å². The molecule has 0 spiro atoms. The van der Waals surface area contributed by atoms with Gasteiger partial charge in [0.1, 0.15) is 0 Å². The van der Waals surface area contributed by atoms with Crippen molar-refractivity contribution >= 4 is 0 Å². The summed E-state index contributed by atoms with van der Waals surface area (Å²) in [7, 11) is 0. The van der Waals surface area contributed by atoms with Gasteiger partial charge in [0.15, 0.2) is 0 Å². The van der Waals surface area contributed by atoms with Crippen molar-refractivity contribution in [2.24, 2.45) is 5.41 Å². The number of hydrogen-bond donors (Lipinski definition) is 0. The molecule has 2 fully saturated rings. The fourth-order valence-corrected chi connectivity index (χ4v) is 3.61. The van der Waals surface area contributed by atoms with E-state index in [1.165, 1.54) is 25.8 Å². The van der Waals surface area contributed by atoms with Crippen LogP contribution in [-0.2, 0) is 0 Å². The highest BCUT2D eigenvalue weighted by Crippen LogP contribution is 2.46. The van der Waals surface area contributed by atoms with Gasteiger partial charge in [-0.3, -0.25) is 4.90 Å². The molecule has 15 heavy (non-hydrogen) atoms. The Morgan fingerprint density at radius 2 is 2.20 bits per heavy atom. The Labute approximate surface area is 93.5 Å². The van der Waals surface area contributed by atoms with Gasteiger partial charge in [-0.15, -0.1) is 0 Å². The molecule has 0 aromatic heterocycles. The summed E-state index contributed by atoms with van der Waals surface area (Å²) in [6.45, 7) is 16.4. The minimum atomic E-state index is 0.271. The molecule has 0 saturated carbocycles. The number of rotatable bonds is 1. The van der Waals surface area contributed by atoms with E-state index in [4.69, 9.17) is 6.57 Å². The van der Waals surface area contributed by atoms with E-state index in [-0.39, 0.29) is 6.04 Å². The normalized spacial score (nSPS) is 36.5. The first-order valence-electron chi connectivity index (χ1n) is 6.07. The third-order valence-corrected chi connectivity index (χ3v) is 3.83. The lowest BCUT2D eigenvalue weighted by Gasteiger charge is -2.36. The summed E-state index contributed by atoms with van der Waals surface area (Å²) >= 11 is 0. The summed E-state index contributed by atoms with van der Waals surface area (Å²) in [5.74, 6) is 0. The van der Waals surface area contributed by atoms with Gasteiger partial charge >= 0.3 is 0 Å². The zero-order valence-electron chi connectivity index (χ0n) is 10.2. The van der Waals surface area contributed by atoms with Crippen molar-refractivity contribution in [1.82, 2.24) is 4.90 Å². The van der Waals surface area contributed by atoms with Crippen molar-refractivity contribution < 1.29 is 0 Å². The molecule has 0 bridgehead atoms. The quantitative estimate of drug-likeness (QED) is 0.599. The highest BCUT2D eigenvalue weighted by atomic mass is 15.3. The Bertz CT molecular complexity index is 284. The third kappa shape index (κ3) is 2.03. The van der Waals surface area contributed by atoms with E-state index in [9.17, 15) is 0 Å². The van der Waals surface area contributed by atoms with E-state index in [2.05, 4.69) is 30.5 Å². The van der Waals surface area contributed by atoms with Crippen molar-refractivity contribution in [3.63, 3.8) is 0 Å². The lowest BCUT2D eigenvalue weighted by atomic mass is 9.77. The molecular weight excluding hydrogens is 184 g/mol. The molecule has 0 aliphatic carbocycles. The summed E-state index contributed by atoms with van der Waals surface area (Å²) in [4.78, 5) is 6.35. The van der Waals surface area contributed by atoms with Gasteiger partial charge in [0.25, 0.3) is 0 Å². The Kier molecular flexibility index (Phi) is 2.55. The first-order valence-corrected chi connectivity index (χ1v) is 6.07. The van der Waals surface area contributed by atoms with Crippen LogP contribution in [0, 0.1) is 12.0 Å². The fraction of sp³-hybridized carbons (Fsp3) is 0.923. The number of hydrogen-bond acceptors (Lipinski definition) is 1. The van der Waals surface area contributed by atoms with Gasteiger partial charge in [0.05, 0.1) is 6.54 Å². The summed E-state index contributed by atoms with van der Waals surface area (Å²) in [6.07, 6.45) is 5.02. The second-order valence-electron chi connectivity index (χ2n) is 6.50. The maximum absolute atomic E-state index is 7.20. The van der Waals surface area contributed by atoms with E-state index in [0.717, 1.165) is 13.0 Å². The minimum absolute atomic E-state index is 0.271. The molecule has 2 nitrogen and oxygen atoms in total. The summed E-state index contributed by atoms with van der Waals surface area (Å²) in [5.41, 5.74) is 0.771. The molecule has 2 aliphatic rings. The summed E-state index contributed by atoms with van der Waals surface area (Å²) < 4.78 is 0. The fourth-order valence-electron chi connectivity index (χ4n) is 3.61. The van der Waals surface area contributed by atoms with Crippen LogP contribution in [0.5, 0.6) is 0 Å². The highest BCUT2D eigenvalue weighted by molar-refractivity contribution is 5.09. The van der Waals surface area contributed by atoms with Crippen LogP contribution < -0.4 is 0 Å². The standard InChI is InChI=1S/C13H22N2/c1-12(2,3)10-13-6-5-7-15(13)9-11(8-13)14-4/h11H,5-10H2,1-3H3. The summed E-state index contributed by atoms with van der Waals surface area (Å²) in [6, 6.07) is 0.271. The van der Waals surface area contributed by atoms with Gasteiger partial charge in [-0.2, -0.15) is 0 Å². The van der Waals surface area contributed by atoms with Gasteiger partial charge in [0.2, 0.25) is 6.04 Å². The van der Waals surface area contributed by atoms with Gasteiger partial charge in [-0.1, -0.05) is 20.8 Å². The predicted octanol–water partition coefficient (Wildman–Crippen LogP) is 2.95. The second-order valence-corrected chi connectivity index (χ2v) is 6.50. The van der Waals surface area contributed by atoms with Crippen LogP contribution >= 0.6 is 0 Å². The van der Waals surface area contributed by atoms with E-state index in [1.54, 1.807) is 0 Å². The molecule has 2 aliphatic heterocycles. The molecule has 0 amide bonds. The van der Waals surface area contributed by atoms with Crippen molar-refractivity contribution in [1.29, 1.82) is 0 Å². The molecule has 2 heteroatoms. The van der Waals surface area contributed by atoms with E-state index < -0.39 is 0 Å². The van der Waals surface area contributed by atoms with Crippen LogP contribution in [0.2, 0.25) is 0 Å². The van der Waals surface area contributed by atoms with Gasteiger partial charge in [0, 0.05) is 12.0 Å². The zero-order chi connectivity index (χ0) is 11.1. The monoisotopic (exact) mass is 206 g/mol. The van der Waals surface area contributed by atoms with Crippen LogP contribution in [0.1, 0.15) is 46.5 Å². The predicted molar refractivity (Wildman–Crippen MR) is 62.6 cm³/mol. The summed E-state index contributed by atoms with van der Waals surface area (Å²) in [5, 5.41) is 0. The topological polar surface area (TPSA) is 7.60 Å². The molecule has 0 aromatic rings. The molecule has 2 heterocycles. The molecule has 2 atom stereocenters. The van der Waals surface area contributed by atoms with Crippen LogP contribution in [0.25, 0.3) is 4.85 Å². The average molecular weight is 206 g/mol. The first kappa shape index (κ1) is 11.0. The Morgan fingerprint density at radius 3 is 2.80 bits per heavy atom.